The van der Waals surface area contributed by atoms with Crippen molar-refractivity contribution in [1.82, 2.24) is 4.98 Å². The van der Waals surface area contributed by atoms with Crippen LogP contribution in [0.3, 0.4) is 0 Å². The highest BCUT2D eigenvalue weighted by molar-refractivity contribution is 6.02. The molecule has 1 N–H and O–H groups in total. The van der Waals surface area contributed by atoms with Gasteiger partial charge in [-0.05, 0) is 55.5 Å². The number of aromatic nitrogens is 1. The molecule has 0 aliphatic carbocycles. The van der Waals surface area contributed by atoms with E-state index < -0.39 is 17.4 Å². The van der Waals surface area contributed by atoms with Gasteiger partial charge in [0.05, 0.1) is 5.56 Å². The summed E-state index contributed by atoms with van der Waals surface area (Å²) >= 11 is 0. The van der Waals surface area contributed by atoms with Gasteiger partial charge >= 0.3 is 6.18 Å². The van der Waals surface area contributed by atoms with E-state index in [0.29, 0.717) is 31.8 Å². The van der Waals surface area contributed by atoms with Crippen molar-refractivity contribution < 1.29 is 13.2 Å². The summed E-state index contributed by atoms with van der Waals surface area (Å²) < 4.78 is 40.8. The standard InChI is InChI=1S/C26H32F3N5/c1-17-31-22-13-16-34(23-21(26(27,28)29)7-6-14-30-23)15-12-20(22)25(5,32-17)33-19-10-8-18(9-11-19)24(2,3)4/h6-11,14,20,33H,12-13,15-16H2,1-5H3. The number of anilines is 2. The summed E-state index contributed by atoms with van der Waals surface area (Å²) in [6.07, 6.45) is -1.85. The van der Waals surface area contributed by atoms with Crippen LogP contribution in [0.15, 0.2) is 52.6 Å². The third-order valence-electron chi connectivity index (χ3n) is 6.65. The van der Waals surface area contributed by atoms with Gasteiger partial charge in [-0.25, -0.2) is 15.0 Å². The Labute approximate surface area is 199 Å². The number of benzene rings is 1. The first-order chi connectivity index (χ1) is 15.9. The lowest BCUT2D eigenvalue weighted by Crippen LogP contribution is -2.47. The maximum atomic E-state index is 13.6. The van der Waals surface area contributed by atoms with Gasteiger partial charge in [-0.15, -0.1) is 0 Å². The summed E-state index contributed by atoms with van der Waals surface area (Å²) in [5.41, 5.74) is 1.90. The van der Waals surface area contributed by atoms with Crippen LogP contribution in [0.25, 0.3) is 0 Å². The second kappa shape index (κ2) is 8.71. The average molecular weight is 472 g/mol. The van der Waals surface area contributed by atoms with E-state index in [1.165, 1.54) is 17.8 Å². The molecular weight excluding hydrogens is 439 g/mol. The molecule has 8 heteroatoms. The van der Waals surface area contributed by atoms with Gasteiger partial charge in [-0.2, -0.15) is 13.2 Å². The largest absolute Gasteiger partial charge is 0.419 e. The predicted octanol–water partition coefficient (Wildman–Crippen LogP) is 6.32. The molecule has 1 fully saturated rings. The van der Waals surface area contributed by atoms with Crippen LogP contribution in [0.2, 0.25) is 0 Å². The van der Waals surface area contributed by atoms with Gasteiger partial charge in [0.15, 0.2) is 0 Å². The molecule has 2 aliphatic rings. The number of nitrogens with zero attached hydrogens (tertiary/aromatic N) is 4. The van der Waals surface area contributed by atoms with Crippen LogP contribution in [0.1, 0.15) is 58.6 Å². The molecule has 0 bridgehead atoms. The van der Waals surface area contributed by atoms with Crippen LogP contribution in [-0.4, -0.2) is 35.3 Å². The first kappa shape index (κ1) is 24.2. The minimum absolute atomic E-state index is 0.0145. The Morgan fingerprint density at radius 2 is 1.76 bits per heavy atom. The van der Waals surface area contributed by atoms with Crippen molar-refractivity contribution in [2.24, 2.45) is 15.9 Å². The van der Waals surface area contributed by atoms with Crippen LogP contribution < -0.4 is 10.2 Å². The second-order valence-corrected chi connectivity index (χ2v) is 10.3. The van der Waals surface area contributed by atoms with Crippen LogP contribution in [0.4, 0.5) is 24.7 Å². The van der Waals surface area contributed by atoms with Gasteiger partial charge < -0.3 is 10.2 Å². The summed E-state index contributed by atoms with van der Waals surface area (Å²) in [7, 11) is 0. The van der Waals surface area contributed by atoms with E-state index in [9.17, 15) is 13.2 Å². The number of hydrogen-bond donors (Lipinski definition) is 1. The molecule has 1 saturated heterocycles. The van der Waals surface area contributed by atoms with Crippen molar-refractivity contribution in [3.63, 3.8) is 0 Å². The van der Waals surface area contributed by atoms with Gasteiger partial charge in [0.1, 0.15) is 17.3 Å². The normalized spacial score (nSPS) is 23.5. The highest BCUT2D eigenvalue weighted by Crippen LogP contribution is 2.39. The Morgan fingerprint density at radius 3 is 2.41 bits per heavy atom. The predicted molar refractivity (Wildman–Crippen MR) is 132 cm³/mol. The molecule has 5 nitrogen and oxygen atoms in total. The molecule has 0 saturated carbocycles. The minimum atomic E-state index is -4.45. The molecule has 3 heterocycles. The number of aliphatic imine (C=N–C) groups is 2. The van der Waals surface area contributed by atoms with Crippen LogP contribution in [0.5, 0.6) is 0 Å². The molecule has 2 atom stereocenters. The summed E-state index contributed by atoms with van der Waals surface area (Å²) in [4.78, 5) is 15.4. The number of fused-ring (bicyclic) bond motifs is 1. The Kier molecular flexibility index (Phi) is 6.21. The molecule has 0 radical (unpaired) electrons. The third kappa shape index (κ3) is 4.95. The zero-order chi connectivity index (χ0) is 24.7. The molecule has 0 spiro atoms. The van der Waals surface area contributed by atoms with Gasteiger partial charge in [0.25, 0.3) is 0 Å². The number of amidine groups is 1. The van der Waals surface area contributed by atoms with Crippen molar-refractivity contribution in [3.05, 3.63) is 53.7 Å². The van der Waals surface area contributed by atoms with Gasteiger partial charge in [0.2, 0.25) is 0 Å². The quantitative estimate of drug-likeness (QED) is 0.570. The van der Waals surface area contributed by atoms with Crippen LogP contribution >= 0.6 is 0 Å². The molecule has 34 heavy (non-hydrogen) atoms. The molecule has 0 amide bonds. The van der Waals surface area contributed by atoms with Gasteiger partial charge in [0, 0.05) is 43.0 Å². The fourth-order valence-corrected chi connectivity index (χ4v) is 4.92. The maximum absolute atomic E-state index is 13.6. The van der Waals surface area contributed by atoms with Crippen molar-refractivity contribution >= 4 is 23.1 Å². The molecule has 1 aromatic carbocycles. The number of nitrogens with one attached hydrogen (secondary N) is 1. The zero-order valence-corrected chi connectivity index (χ0v) is 20.4. The monoisotopic (exact) mass is 471 g/mol. The topological polar surface area (TPSA) is 52.9 Å². The highest BCUT2D eigenvalue weighted by atomic mass is 19.4. The summed E-state index contributed by atoms with van der Waals surface area (Å²) in [6, 6.07) is 10.8. The highest BCUT2D eigenvalue weighted by Gasteiger charge is 2.42. The lowest BCUT2D eigenvalue weighted by atomic mass is 9.84. The van der Waals surface area contributed by atoms with E-state index >= 15 is 0 Å². The van der Waals surface area contributed by atoms with E-state index in [1.54, 1.807) is 4.90 Å². The van der Waals surface area contributed by atoms with Crippen molar-refractivity contribution in [2.75, 3.05) is 23.3 Å². The Balaban J connectivity index is 1.59. The van der Waals surface area contributed by atoms with E-state index in [4.69, 9.17) is 9.98 Å². The molecular formula is C26H32F3N5. The van der Waals surface area contributed by atoms with E-state index in [1.807, 2.05) is 13.8 Å². The van der Waals surface area contributed by atoms with Gasteiger partial charge in [-0.1, -0.05) is 32.9 Å². The average Bonchev–Trinajstić information content (AvgIpc) is 2.96. The summed E-state index contributed by atoms with van der Waals surface area (Å²) in [5.74, 6) is 0.621. The molecule has 2 aliphatic heterocycles. The maximum Gasteiger partial charge on any atom is 0.419 e. The lowest BCUT2D eigenvalue weighted by Gasteiger charge is -2.39. The fourth-order valence-electron chi connectivity index (χ4n) is 4.92. The van der Waals surface area contributed by atoms with E-state index in [0.717, 1.165) is 17.5 Å². The number of alkyl halides is 3. The summed E-state index contributed by atoms with van der Waals surface area (Å²) in [6.45, 7) is 11.3. The number of hydrogen-bond acceptors (Lipinski definition) is 5. The SMILES string of the molecule is CC1=NC(C)(Nc2ccc(C(C)(C)C)cc2)C2CCN(c3ncccc3C(F)(F)F)CCC2=N1. The molecule has 2 aromatic rings. The Bertz CT molecular complexity index is 1100. The van der Waals surface area contributed by atoms with Gasteiger partial charge in [-0.3, -0.25) is 0 Å². The molecule has 1 aromatic heterocycles. The van der Waals surface area contributed by atoms with Crippen molar-refractivity contribution in [2.45, 2.75) is 64.7 Å². The number of halogens is 3. The number of rotatable bonds is 3. The van der Waals surface area contributed by atoms with E-state index in [-0.39, 0.29) is 17.2 Å². The smallest absolute Gasteiger partial charge is 0.361 e. The second-order valence-electron chi connectivity index (χ2n) is 10.3. The Hall–Kier alpha value is -2.90. The fraction of sp³-hybridized carbons (Fsp3) is 0.500. The number of pyridine rings is 1. The Morgan fingerprint density at radius 1 is 1.06 bits per heavy atom. The van der Waals surface area contributed by atoms with Crippen LogP contribution in [-0.2, 0) is 11.6 Å². The van der Waals surface area contributed by atoms with E-state index in [2.05, 4.69) is 55.3 Å². The van der Waals surface area contributed by atoms with Crippen molar-refractivity contribution in [1.29, 1.82) is 0 Å². The van der Waals surface area contributed by atoms with Crippen LogP contribution in [0, 0.1) is 5.92 Å². The summed E-state index contributed by atoms with van der Waals surface area (Å²) in [5, 5.41) is 3.60. The first-order valence-corrected chi connectivity index (χ1v) is 11.7. The molecule has 182 valence electrons. The first-order valence-electron chi connectivity index (χ1n) is 11.7. The molecule has 4 rings (SSSR count). The van der Waals surface area contributed by atoms with Crippen molar-refractivity contribution in [3.8, 4) is 0 Å². The third-order valence-corrected chi connectivity index (χ3v) is 6.65. The lowest BCUT2D eigenvalue weighted by molar-refractivity contribution is -0.137. The minimum Gasteiger partial charge on any atom is -0.361 e. The molecule has 2 unspecified atom stereocenters. The zero-order valence-electron chi connectivity index (χ0n) is 20.4.